The van der Waals surface area contributed by atoms with Gasteiger partial charge in [-0.1, -0.05) is 37.3 Å². The Morgan fingerprint density at radius 3 is 2.80 bits per heavy atom. The lowest BCUT2D eigenvalue weighted by molar-refractivity contribution is 0.206. The van der Waals surface area contributed by atoms with Crippen LogP contribution in [0.3, 0.4) is 0 Å². The van der Waals surface area contributed by atoms with Crippen LogP contribution in [0.5, 0.6) is 0 Å². The minimum absolute atomic E-state index is 0.540. The third kappa shape index (κ3) is 2.13. The molecule has 1 aliphatic rings. The molecule has 0 amide bonds. The third-order valence-electron chi connectivity index (χ3n) is 3.32. The van der Waals surface area contributed by atoms with Crippen molar-refractivity contribution in [3.05, 3.63) is 48.0 Å². The molecule has 0 fully saturated rings. The van der Waals surface area contributed by atoms with Crippen LogP contribution < -0.4 is 0 Å². The fourth-order valence-electron chi connectivity index (χ4n) is 2.37. The molecule has 1 unspecified atom stereocenters. The van der Waals surface area contributed by atoms with Gasteiger partial charge < -0.3 is 0 Å². The Morgan fingerprint density at radius 1 is 1.40 bits per heavy atom. The molecule has 2 rings (SSSR count). The van der Waals surface area contributed by atoms with Gasteiger partial charge in [0.2, 0.25) is 0 Å². The van der Waals surface area contributed by atoms with Gasteiger partial charge in [-0.05, 0) is 24.0 Å². The summed E-state index contributed by atoms with van der Waals surface area (Å²) in [6.45, 7) is 8.40. The maximum absolute atomic E-state index is 3.92. The summed E-state index contributed by atoms with van der Waals surface area (Å²) in [5.74, 6) is 0. The molecule has 1 heterocycles. The maximum Gasteiger partial charge on any atom is 0.0276 e. The van der Waals surface area contributed by atoms with Gasteiger partial charge in [0.05, 0.1) is 0 Å². The highest BCUT2D eigenvalue weighted by Gasteiger charge is 2.19. The summed E-state index contributed by atoms with van der Waals surface area (Å²) in [6, 6.07) is 9.31. The fourth-order valence-corrected chi connectivity index (χ4v) is 2.37. The Bertz CT molecular complexity index is 343. The topological polar surface area (TPSA) is 3.24 Å². The summed E-state index contributed by atoms with van der Waals surface area (Å²) < 4.78 is 0. The average Bonchev–Trinajstić information content (AvgIpc) is 2.30. The highest BCUT2D eigenvalue weighted by molar-refractivity contribution is 5.29. The van der Waals surface area contributed by atoms with E-state index in [9.17, 15) is 0 Å². The van der Waals surface area contributed by atoms with Gasteiger partial charge >= 0.3 is 0 Å². The number of benzene rings is 1. The number of hydrogen-bond donors (Lipinski definition) is 0. The van der Waals surface area contributed by atoms with Crippen LogP contribution in [0.15, 0.2) is 36.9 Å². The molecule has 0 N–H and O–H groups in total. The lowest BCUT2D eigenvalue weighted by atomic mass is 9.98. The van der Waals surface area contributed by atoms with E-state index < -0.39 is 0 Å². The van der Waals surface area contributed by atoms with E-state index >= 15 is 0 Å². The quantitative estimate of drug-likeness (QED) is 0.679. The smallest absolute Gasteiger partial charge is 0.0276 e. The molecule has 0 aromatic heterocycles. The SMILES string of the molecule is C=CC(CC)N1CCc2ccccc2C1. The summed E-state index contributed by atoms with van der Waals surface area (Å²) >= 11 is 0. The predicted molar refractivity (Wildman–Crippen MR) is 64.8 cm³/mol. The second kappa shape index (κ2) is 4.63. The molecule has 1 nitrogen and oxygen atoms in total. The second-order valence-corrected chi connectivity index (χ2v) is 4.20. The van der Waals surface area contributed by atoms with Crippen LogP contribution >= 0.6 is 0 Å². The summed E-state index contributed by atoms with van der Waals surface area (Å²) in [4.78, 5) is 2.52. The Kier molecular flexibility index (Phi) is 3.22. The summed E-state index contributed by atoms with van der Waals surface area (Å²) in [7, 11) is 0. The van der Waals surface area contributed by atoms with Crippen LogP contribution in [0.1, 0.15) is 24.5 Å². The highest BCUT2D eigenvalue weighted by Crippen LogP contribution is 2.21. The minimum Gasteiger partial charge on any atom is -0.292 e. The predicted octanol–water partition coefficient (Wildman–Crippen LogP) is 3.01. The lowest BCUT2D eigenvalue weighted by Gasteiger charge is -2.33. The van der Waals surface area contributed by atoms with Crippen molar-refractivity contribution in [1.29, 1.82) is 0 Å². The maximum atomic E-state index is 3.92. The molecule has 1 atom stereocenters. The molecule has 0 saturated carbocycles. The number of rotatable bonds is 3. The molecule has 1 aromatic rings. The zero-order chi connectivity index (χ0) is 10.7. The van der Waals surface area contributed by atoms with Crippen LogP contribution in [-0.2, 0) is 13.0 Å². The van der Waals surface area contributed by atoms with E-state index in [0.717, 1.165) is 13.0 Å². The molecule has 0 bridgehead atoms. The first kappa shape index (κ1) is 10.4. The normalized spacial score (nSPS) is 18.2. The van der Waals surface area contributed by atoms with E-state index in [1.807, 2.05) is 0 Å². The van der Waals surface area contributed by atoms with Gasteiger partial charge in [-0.3, -0.25) is 4.90 Å². The van der Waals surface area contributed by atoms with Crippen molar-refractivity contribution in [1.82, 2.24) is 4.90 Å². The van der Waals surface area contributed by atoms with Crippen molar-refractivity contribution in [3.8, 4) is 0 Å². The van der Waals surface area contributed by atoms with E-state index in [4.69, 9.17) is 0 Å². The van der Waals surface area contributed by atoms with Crippen molar-refractivity contribution in [2.45, 2.75) is 32.4 Å². The third-order valence-corrected chi connectivity index (χ3v) is 3.32. The van der Waals surface area contributed by atoms with E-state index in [-0.39, 0.29) is 0 Å². The Balaban J connectivity index is 2.14. The highest BCUT2D eigenvalue weighted by atomic mass is 15.2. The summed E-state index contributed by atoms with van der Waals surface area (Å²) in [5, 5.41) is 0. The average molecular weight is 201 g/mol. The number of hydrogen-bond acceptors (Lipinski definition) is 1. The van der Waals surface area contributed by atoms with Gasteiger partial charge in [0, 0.05) is 19.1 Å². The van der Waals surface area contributed by atoms with Crippen molar-refractivity contribution in [2.75, 3.05) is 6.54 Å². The van der Waals surface area contributed by atoms with Crippen LogP contribution in [0.2, 0.25) is 0 Å². The van der Waals surface area contributed by atoms with Crippen LogP contribution in [0.4, 0.5) is 0 Å². The van der Waals surface area contributed by atoms with Crippen molar-refractivity contribution >= 4 is 0 Å². The zero-order valence-corrected chi connectivity index (χ0v) is 9.45. The lowest BCUT2D eigenvalue weighted by Crippen LogP contribution is -2.37. The molecule has 0 saturated heterocycles. The van der Waals surface area contributed by atoms with Crippen molar-refractivity contribution < 1.29 is 0 Å². The van der Waals surface area contributed by atoms with Gasteiger partial charge in [-0.2, -0.15) is 0 Å². The van der Waals surface area contributed by atoms with E-state index in [2.05, 4.69) is 48.7 Å². The molecule has 0 spiro atoms. The standard InChI is InChI=1S/C14H19N/c1-3-14(4-2)15-10-9-12-7-5-6-8-13(12)11-15/h3,5-8,14H,1,4,9-11H2,2H3. The van der Waals surface area contributed by atoms with Crippen LogP contribution in [0.25, 0.3) is 0 Å². The molecule has 1 aliphatic heterocycles. The van der Waals surface area contributed by atoms with Crippen molar-refractivity contribution in [3.63, 3.8) is 0 Å². The minimum atomic E-state index is 0.540. The van der Waals surface area contributed by atoms with E-state index in [1.54, 1.807) is 0 Å². The van der Waals surface area contributed by atoms with Crippen LogP contribution in [0, 0.1) is 0 Å². The molecule has 15 heavy (non-hydrogen) atoms. The monoisotopic (exact) mass is 201 g/mol. The molecular formula is C14H19N. The first-order valence-corrected chi connectivity index (χ1v) is 5.78. The van der Waals surface area contributed by atoms with Gasteiger partial charge in [-0.15, -0.1) is 6.58 Å². The first-order chi connectivity index (χ1) is 7.35. The Labute approximate surface area is 92.4 Å². The Morgan fingerprint density at radius 2 is 2.13 bits per heavy atom. The van der Waals surface area contributed by atoms with Gasteiger partial charge in [0.15, 0.2) is 0 Å². The van der Waals surface area contributed by atoms with Crippen molar-refractivity contribution in [2.24, 2.45) is 0 Å². The van der Waals surface area contributed by atoms with Crippen LogP contribution in [-0.4, -0.2) is 17.5 Å². The Hall–Kier alpha value is -1.08. The first-order valence-electron chi connectivity index (χ1n) is 5.78. The fraction of sp³-hybridized carbons (Fsp3) is 0.429. The molecule has 1 heteroatoms. The number of nitrogens with zero attached hydrogens (tertiary/aromatic N) is 1. The van der Waals surface area contributed by atoms with Gasteiger partial charge in [-0.25, -0.2) is 0 Å². The zero-order valence-electron chi connectivity index (χ0n) is 9.45. The van der Waals surface area contributed by atoms with Gasteiger partial charge in [0.25, 0.3) is 0 Å². The number of fused-ring (bicyclic) bond motifs is 1. The largest absolute Gasteiger partial charge is 0.292 e. The van der Waals surface area contributed by atoms with Gasteiger partial charge in [0.1, 0.15) is 0 Å². The molecule has 0 aliphatic carbocycles. The second-order valence-electron chi connectivity index (χ2n) is 4.20. The summed E-state index contributed by atoms with van der Waals surface area (Å²) in [5.41, 5.74) is 3.01. The molecule has 80 valence electrons. The van der Waals surface area contributed by atoms with E-state index in [0.29, 0.717) is 6.04 Å². The molecule has 1 aromatic carbocycles. The van der Waals surface area contributed by atoms with E-state index in [1.165, 1.54) is 24.1 Å². The molecular weight excluding hydrogens is 182 g/mol. The molecule has 0 radical (unpaired) electrons. The summed E-state index contributed by atoms with van der Waals surface area (Å²) in [6.07, 6.45) is 4.42.